The van der Waals surface area contributed by atoms with E-state index in [-0.39, 0.29) is 23.3 Å². The van der Waals surface area contributed by atoms with Crippen LogP contribution < -0.4 is 0 Å². The van der Waals surface area contributed by atoms with Crippen molar-refractivity contribution >= 4 is 10.0 Å². The maximum absolute atomic E-state index is 12.4. The molecule has 1 atom stereocenters. The molecule has 1 aromatic rings. The summed E-state index contributed by atoms with van der Waals surface area (Å²) < 4.78 is 36.5. The summed E-state index contributed by atoms with van der Waals surface area (Å²) in [4.78, 5) is 0.112. The number of sulfonamides is 1. The van der Waals surface area contributed by atoms with E-state index >= 15 is 0 Å². The predicted molar refractivity (Wildman–Crippen MR) is 63.5 cm³/mol. The lowest BCUT2D eigenvalue weighted by molar-refractivity contribution is 0.181. The first kappa shape index (κ1) is 13.5. The van der Waals surface area contributed by atoms with E-state index in [0.717, 1.165) is 0 Å². The van der Waals surface area contributed by atoms with E-state index in [2.05, 4.69) is 0 Å². The van der Waals surface area contributed by atoms with Crippen molar-refractivity contribution < 1.29 is 22.7 Å². The van der Waals surface area contributed by atoms with Crippen LogP contribution in [0.15, 0.2) is 15.4 Å². The fourth-order valence-electron chi connectivity index (χ4n) is 2.02. The highest BCUT2D eigenvalue weighted by Gasteiger charge is 2.33. The first-order chi connectivity index (χ1) is 8.46. The van der Waals surface area contributed by atoms with Gasteiger partial charge in [-0.05, 0) is 13.3 Å². The molecule has 0 radical (unpaired) electrons. The van der Waals surface area contributed by atoms with Crippen molar-refractivity contribution in [1.29, 1.82) is 0 Å². The highest BCUT2D eigenvalue weighted by atomic mass is 32.2. The van der Waals surface area contributed by atoms with E-state index in [4.69, 9.17) is 14.3 Å². The second-order valence-electron chi connectivity index (χ2n) is 4.33. The molecule has 2 heterocycles. The average Bonchev–Trinajstić information content (AvgIpc) is 2.96. The van der Waals surface area contributed by atoms with Gasteiger partial charge in [0.25, 0.3) is 0 Å². The molecule has 1 aliphatic rings. The van der Waals surface area contributed by atoms with Crippen LogP contribution in [0.25, 0.3) is 0 Å². The number of aliphatic hydroxyl groups is 1. The summed E-state index contributed by atoms with van der Waals surface area (Å²) in [6.45, 7) is 2.26. The largest absolute Gasteiger partial charge is 0.462 e. The number of aryl methyl sites for hydroxylation is 1. The minimum atomic E-state index is -3.59. The number of furan rings is 1. The number of rotatable bonds is 4. The van der Waals surface area contributed by atoms with Gasteiger partial charge in [-0.3, -0.25) is 0 Å². The molecule has 0 saturated carbocycles. The third-order valence-corrected chi connectivity index (χ3v) is 5.17. The van der Waals surface area contributed by atoms with E-state index in [0.29, 0.717) is 25.4 Å². The molecule has 102 valence electrons. The van der Waals surface area contributed by atoms with Crippen LogP contribution in [0.3, 0.4) is 0 Å². The summed E-state index contributed by atoms with van der Waals surface area (Å²) in [5.41, 5.74) is 0. The van der Waals surface area contributed by atoms with Gasteiger partial charge < -0.3 is 14.3 Å². The van der Waals surface area contributed by atoms with Crippen LogP contribution in [0.2, 0.25) is 0 Å². The summed E-state index contributed by atoms with van der Waals surface area (Å²) in [5.74, 6) is 0.548. The first-order valence-electron chi connectivity index (χ1n) is 5.72. The van der Waals surface area contributed by atoms with Gasteiger partial charge >= 0.3 is 0 Å². The SMILES string of the molecule is Cc1oc(CO)cc1S(=O)(=O)N(C)C1CCOC1. The van der Waals surface area contributed by atoms with Gasteiger partial charge in [0.05, 0.1) is 12.6 Å². The Morgan fingerprint density at radius 3 is 2.78 bits per heavy atom. The third-order valence-electron chi connectivity index (χ3n) is 3.16. The monoisotopic (exact) mass is 275 g/mol. The molecule has 7 heteroatoms. The van der Waals surface area contributed by atoms with E-state index in [1.165, 1.54) is 10.4 Å². The Labute approximate surface area is 106 Å². The van der Waals surface area contributed by atoms with Gasteiger partial charge in [-0.2, -0.15) is 4.31 Å². The molecule has 1 aromatic heterocycles. The van der Waals surface area contributed by atoms with Crippen molar-refractivity contribution in [2.75, 3.05) is 20.3 Å². The summed E-state index contributed by atoms with van der Waals surface area (Å²) >= 11 is 0. The average molecular weight is 275 g/mol. The molecule has 0 aliphatic carbocycles. The zero-order valence-electron chi connectivity index (χ0n) is 10.4. The normalized spacial score (nSPS) is 20.8. The van der Waals surface area contributed by atoms with Crippen molar-refractivity contribution in [2.24, 2.45) is 0 Å². The maximum Gasteiger partial charge on any atom is 0.246 e. The smallest absolute Gasteiger partial charge is 0.246 e. The van der Waals surface area contributed by atoms with Gasteiger partial charge in [-0.25, -0.2) is 8.42 Å². The molecule has 1 saturated heterocycles. The molecular formula is C11H17NO5S. The Hall–Kier alpha value is -0.890. The van der Waals surface area contributed by atoms with E-state index in [9.17, 15) is 8.42 Å². The predicted octanol–water partition coefficient (Wildman–Crippen LogP) is 0.490. The van der Waals surface area contributed by atoms with Crippen LogP contribution in [0.4, 0.5) is 0 Å². The van der Waals surface area contributed by atoms with Gasteiger partial charge in [0.15, 0.2) is 0 Å². The van der Waals surface area contributed by atoms with Crippen LogP contribution >= 0.6 is 0 Å². The van der Waals surface area contributed by atoms with Gasteiger partial charge in [-0.15, -0.1) is 0 Å². The molecule has 1 fully saturated rings. The van der Waals surface area contributed by atoms with E-state index in [1.54, 1.807) is 14.0 Å². The number of ether oxygens (including phenoxy) is 1. The molecular weight excluding hydrogens is 258 g/mol. The first-order valence-corrected chi connectivity index (χ1v) is 7.16. The molecule has 0 aromatic carbocycles. The minimum Gasteiger partial charge on any atom is -0.462 e. The quantitative estimate of drug-likeness (QED) is 0.865. The number of hydrogen-bond acceptors (Lipinski definition) is 5. The summed E-state index contributed by atoms with van der Waals surface area (Å²) in [6.07, 6.45) is 0.694. The Morgan fingerprint density at radius 1 is 1.56 bits per heavy atom. The van der Waals surface area contributed by atoms with Gasteiger partial charge in [0.1, 0.15) is 23.0 Å². The highest BCUT2D eigenvalue weighted by molar-refractivity contribution is 7.89. The van der Waals surface area contributed by atoms with Crippen molar-refractivity contribution in [3.05, 3.63) is 17.6 Å². The van der Waals surface area contributed by atoms with Crippen molar-refractivity contribution in [3.63, 3.8) is 0 Å². The van der Waals surface area contributed by atoms with Gasteiger partial charge in [0, 0.05) is 19.7 Å². The third kappa shape index (κ3) is 2.31. The topological polar surface area (TPSA) is 80.0 Å². The molecule has 2 rings (SSSR count). The van der Waals surface area contributed by atoms with Crippen molar-refractivity contribution in [2.45, 2.75) is 30.9 Å². The lowest BCUT2D eigenvalue weighted by atomic mass is 10.3. The minimum absolute atomic E-state index is 0.112. The molecule has 0 bridgehead atoms. The van der Waals surface area contributed by atoms with Crippen LogP contribution in [0, 0.1) is 6.92 Å². The second kappa shape index (κ2) is 5.00. The number of nitrogens with zero attached hydrogens (tertiary/aromatic N) is 1. The maximum atomic E-state index is 12.4. The number of aliphatic hydroxyl groups excluding tert-OH is 1. The number of hydrogen-bond donors (Lipinski definition) is 1. The molecule has 18 heavy (non-hydrogen) atoms. The highest BCUT2D eigenvalue weighted by Crippen LogP contribution is 2.26. The van der Waals surface area contributed by atoms with E-state index < -0.39 is 10.0 Å². The molecule has 0 spiro atoms. The van der Waals surface area contributed by atoms with Crippen LogP contribution in [0.1, 0.15) is 17.9 Å². The van der Waals surface area contributed by atoms with Crippen molar-refractivity contribution in [3.8, 4) is 0 Å². The lowest BCUT2D eigenvalue weighted by Gasteiger charge is -2.21. The number of likely N-dealkylation sites (N-methyl/N-ethyl adjacent to an activating group) is 1. The van der Waals surface area contributed by atoms with Gasteiger partial charge in [-0.1, -0.05) is 0 Å². The zero-order valence-corrected chi connectivity index (χ0v) is 11.2. The Balaban J connectivity index is 2.31. The standard InChI is InChI=1S/C11H17NO5S/c1-8-11(5-10(6-13)17-8)18(14,15)12(2)9-3-4-16-7-9/h5,9,13H,3-4,6-7H2,1-2H3. The van der Waals surface area contributed by atoms with E-state index in [1.807, 2.05) is 0 Å². The fraction of sp³-hybridized carbons (Fsp3) is 0.636. The van der Waals surface area contributed by atoms with Crippen LogP contribution in [-0.2, 0) is 21.4 Å². The molecule has 1 unspecified atom stereocenters. The Morgan fingerprint density at radius 2 is 2.28 bits per heavy atom. The zero-order chi connectivity index (χ0) is 13.3. The summed E-state index contributed by atoms with van der Waals surface area (Å²) in [6, 6.07) is 1.23. The van der Waals surface area contributed by atoms with Gasteiger partial charge in [0.2, 0.25) is 10.0 Å². The molecule has 1 N–H and O–H groups in total. The summed E-state index contributed by atoms with van der Waals surface area (Å²) in [7, 11) is -2.05. The molecule has 0 amide bonds. The summed E-state index contributed by atoms with van der Waals surface area (Å²) in [5, 5.41) is 8.97. The van der Waals surface area contributed by atoms with Crippen LogP contribution in [0.5, 0.6) is 0 Å². The molecule has 6 nitrogen and oxygen atoms in total. The van der Waals surface area contributed by atoms with Crippen LogP contribution in [-0.4, -0.2) is 44.1 Å². The lowest BCUT2D eigenvalue weighted by Crippen LogP contribution is -2.37. The second-order valence-corrected chi connectivity index (χ2v) is 6.30. The Kier molecular flexibility index (Phi) is 3.76. The van der Waals surface area contributed by atoms with Crippen molar-refractivity contribution in [1.82, 2.24) is 4.31 Å². The molecule has 1 aliphatic heterocycles. The fourth-order valence-corrected chi connectivity index (χ4v) is 3.57. The Bertz CT molecular complexity index is 516.